The fraction of sp³-hybridized carbons (Fsp3) is 1.00. The first-order valence-electron chi connectivity index (χ1n) is 6.00. The zero-order chi connectivity index (χ0) is 14.3. The molecule has 0 bridgehead atoms. The van der Waals surface area contributed by atoms with Gasteiger partial charge in [0, 0.05) is 0 Å². The van der Waals surface area contributed by atoms with Crippen LogP contribution < -0.4 is 19.6 Å². The van der Waals surface area contributed by atoms with E-state index in [1.807, 2.05) is 0 Å². The molecule has 0 fully saturated rings. The third kappa shape index (κ3) is 47200. The molecule has 0 aromatic carbocycles. The fourth-order valence-electron chi connectivity index (χ4n) is 0. The smallest absolute Gasteiger partial charge is 0.0661 e. The van der Waals surface area contributed by atoms with E-state index in [-0.39, 0.29) is 27.4 Å². The van der Waals surface area contributed by atoms with Crippen molar-refractivity contribution in [3.05, 3.63) is 0 Å². The van der Waals surface area contributed by atoms with Crippen molar-refractivity contribution in [3.63, 3.8) is 0 Å². The van der Waals surface area contributed by atoms with Gasteiger partial charge in [-0.1, -0.05) is 0 Å². The van der Waals surface area contributed by atoms with Gasteiger partial charge in [-0.3, -0.25) is 0 Å². The molecule has 0 saturated heterocycles. The van der Waals surface area contributed by atoms with E-state index in [9.17, 15) is 0 Å². The monoisotopic (exact) mass is 326 g/mol. The van der Waals surface area contributed by atoms with Gasteiger partial charge >= 0.3 is 0 Å². The highest BCUT2D eigenvalue weighted by molar-refractivity contribution is 3.60. The summed E-state index contributed by atoms with van der Waals surface area (Å²) in [6.07, 6.45) is 0. The molecule has 0 spiro atoms. The molecule has 21 heavy (non-hydrogen) atoms. The fourth-order valence-corrected chi connectivity index (χ4v) is 0. The third-order valence-electron chi connectivity index (χ3n) is 0. The molecule has 0 amide bonds. The summed E-state index contributed by atoms with van der Waals surface area (Å²) in [5, 5.41) is 0. The van der Waals surface area contributed by atoms with Crippen molar-refractivity contribution in [2.45, 2.75) is 0 Å². The Balaban J connectivity index is -0.0000000121. The van der Waals surface area contributed by atoms with E-state index in [0.717, 1.165) is 0 Å². The molecule has 0 aromatic heterocycles. The van der Waals surface area contributed by atoms with Crippen LogP contribution in [0.4, 0.5) is 0 Å². The minimum absolute atomic E-state index is 0. The average Bonchev–Trinajstić information content (AvgIpc) is 1.76. The second-order valence-electron chi connectivity index (χ2n) is 6.00. The second-order valence-corrected chi connectivity index (χ2v) is 6.00. The Hall–Kier alpha value is -0.360. The Kier molecular flexibility index (Phi) is 141. The maximum absolute atomic E-state index is 2.08. The minimum atomic E-state index is 0. The van der Waals surface area contributed by atoms with Crippen molar-refractivity contribution >= 4 is 0 Å². The van der Waals surface area contributed by atoms with Crippen LogP contribution in [0.2, 0.25) is 0 Å². The second kappa shape index (κ2) is 50.4. The molecule has 0 radical (unpaired) electrons. The molecular formula is C12H46N4O5. The van der Waals surface area contributed by atoms with E-state index in [2.05, 4.69) is 84.6 Å². The minimum Gasteiger partial charge on any atom is -0.870 e. The van der Waals surface area contributed by atoms with Crippen LogP contribution >= 0.6 is 0 Å². The van der Waals surface area contributed by atoms with Gasteiger partial charge in [-0.2, -0.15) is 0 Å². The van der Waals surface area contributed by atoms with Gasteiger partial charge in [0.1, 0.15) is 0 Å². The zero-order valence-electron chi connectivity index (χ0n) is 16.3. The number of nitrogens with one attached hydrogen (secondary N) is 4. The van der Waals surface area contributed by atoms with Gasteiger partial charge in [-0.15, -0.1) is 0 Å². The van der Waals surface area contributed by atoms with Crippen LogP contribution in [0.5, 0.6) is 0 Å². The van der Waals surface area contributed by atoms with Crippen LogP contribution in [0.15, 0.2) is 0 Å². The van der Waals surface area contributed by atoms with E-state index < -0.39 is 0 Å². The van der Waals surface area contributed by atoms with Crippen LogP contribution in [-0.4, -0.2) is 112 Å². The Morgan fingerprint density at radius 1 is 0.286 bits per heavy atom. The first-order valence-corrected chi connectivity index (χ1v) is 6.00. The zero-order valence-corrected chi connectivity index (χ0v) is 16.3. The number of hydrogen-bond donors (Lipinski definition) is 4. The van der Waals surface area contributed by atoms with Crippen LogP contribution in [0, 0.1) is 0 Å². The highest BCUT2D eigenvalue weighted by atomic mass is 16.0. The van der Waals surface area contributed by atoms with Crippen molar-refractivity contribution in [2.24, 2.45) is 0 Å². The molecular weight excluding hydrogens is 280 g/mol. The van der Waals surface area contributed by atoms with Gasteiger partial charge in [0.15, 0.2) is 0 Å². The summed E-state index contributed by atoms with van der Waals surface area (Å²) in [7, 11) is 25.0. The van der Waals surface area contributed by atoms with Crippen molar-refractivity contribution in [1.29, 1.82) is 0 Å². The number of rotatable bonds is 0. The predicted octanol–water partition coefficient (Wildman–Crippen LogP) is -6.49. The van der Waals surface area contributed by atoms with E-state index >= 15 is 0 Å². The van der Waals surface area contributed by atoms with Crippen molar-refractivity contribution in [3.8, 4) is 0 Å². The lowest BCUT2D eigenvalue weighted by Crippen LogP contribution is -3.02. The number of hydrogen-bond acceptors (Lipinski definition) is 4. The summed E-state index contributed by atoms with van der Waals surface area (Å²) in [6, 6.07) is 0. The lowest BCUT2D eigenvalue weighted by atomic mass is 11.0. The van der Waals surface area contributed by atoms with Crippen molar-refractivity contribution < 1.29 is 47.0 Å². The van der Waals surface area contributed by atoms with Crippen LogP contribution in [0.1, 0.15) is 0 Å². The predicted molar refractivity (Wildman–Crippen MR) is 86.3 cm³/mol. The molecule has 0 unspecified atom stereocenters. The molecule has 0 aliphatic heterocycles. The van der Waals surface area contributed by atoms with E-state index in [1.165, 1.54) is 19.6 Å². The molecule has 144 valence electrons. The molecule has 0 heterocycles. The Bertz CT molecular complexity index is 72.6. The standard InChI is InChI=1S/4C3H9N.5H2O/c4*1-4(2)3;;;;;/h4*1-3H3;5*1H2. The van der Waals surface area contributed by atoms with Crippen LogP contribution in [0.25, 0.3) is 0 Å². The topological polar surface area (TPSA) is 169 Å². The van der Waals surface area contributed by atoms with Crippen molar-refractivity contribution in [2.75, 3.05) is 84.6 Å². The summed E-state index contributed by atoms with van der Waals surface area (Å²) in [6.45, 7) is 0. The van der Waals surface area contributed by atoms with Crippen LogP contribution in [-0.2, 0) is 0 Å². The molecule has 0 aromatic rings. The van der Waals surface area contributed by atoms with E-state index in [1.54, 1.807) is 0 Å². The largest absolute Gasteiger partial charge is 0.870 e. The Morgan fingerprint density at radius 2 is 0.286 bits per heavy atom. The quantitative estimate of drug-likeness (QED) is 0.347. The van der Waals surface area contributed by atoms with E-state index in [4.69, 9.17) is 0 Å². The molecule has 0 aliphatic rings. The lowest BCUT2D eigenvalue weighted by Gasteiger charge is -1.88. The highest BCUT2D eigenvalue weighted by Gasteiger charge is 1.62. The van der Waals surface area contributed by atoms with Gasteiger partial charge < -0.3 is 47.0 Å². The first-order chi connectivity index (χ1) is 6.93. The highest BCUT2D eigenvalue weighted by Crippen LogP contribution is 0.876. The summed E-state index contributed by atoms with van der Waals surface area (Å²) in [4.78, 5) is 5.67. The summed E-state index contributed by atoms with van der Waals surface area (Å²) in [5.41, 5.74) is 0. The third-order valence-corrected chi connectivity index (χ3v) is 0. The number of quaternary nitrogens is 4. The molecule has 0 atom stereocenters. The Morgan fingerprint density at radius 3 is 0.286 bits per heavy atom. The van der Waals surface area contributed by atoms with Crippen molar-refractivity contribution in [1.82, 2.24) is 0 Å². The van der Waals surface area contributed by atoms with Crippen LogP contribution in [0.3, 0.4) is 0 Å². The van der Waals surface area contributed by atoms with Gasteiger partial charge in [0.25, 0.3) is 0 Å². The van der Waals surface area contributed by atoms with Gasteiger partial charge in [0.2, 0.25) is 0 Å². The lowest BCUT2D eigenvalue weighted by molar-refractivity contribution is -0.836. The summed E-state index contributed by atoms with van der Waals surface area (Å²) >= 11 is 0. The molecule has 9 nitrogen and oxygen atoms in total. The molecule has 9 heteroatoms. The molecule has 10 N–H and O–H groups in total. The molecule has 0 saturated carbocycles. The van der Waals surface area contributed by atoms with Gasteiger partial charge in [0.05, 0.1) is 84.6 Å². The normalized spacial score (nSPS) is 6.86. The SMILES string of the molecule is C[NH+](C)C.C[NH+](C)C.C[NH+](C)C.C[NH+](C)C.O.[OH-].[OH-].[OH-].[OH-]. The Labute approximate surface area is 132 Å². The summed E-state index contributed by atoms with van der Waals surface area (Å²) in [5.74, 6) is 0. The summed E-state index contributed by atoms with van der Waals surface area (Å²) < 4.78 is 0. The average molecular weight is 327 g/mol. The maximum Gasteiger partial charge on any atom is 0.0661 e. The van der Waals surface area contributed by atoms with E-state index in [0.29, 0.717) is 0 Å². The van der Waals surface area contributed by atoms with Gasteiger partial charge in [-0.05, 0) is 0 Å². The molecule has 0 rings (SSSR count). The first kappa shape index (κ1) is 58.8. The maximum atomic E-state index is 2.08. The van der Waals surface area contributed by atoms with Gasteiger partial charge in [-0.25, -0.2) is 0 Å². The molecule has 0 aliphatic carbocycles.